The molecule has 5 heteroatoms. The first kappa shape index (κ1) is 19.1. The van der Waals surface area contributed by atoms with E-state index in [1.807, 2.05) is 36.4 Å². The Balaban J connectivity index is 1.23. The average molecular weight is 405 g/mol. The molecule has 0 aliphatic carbocycles. The Morgan fingerprint density at radius 2 is 1.80 bits per heavy atom. The molecule has 1 atom stereocenters. The highest BCUT2D eigenvalue weighted by Crippen LogP contribution is 2.35. The smallest absolute Gasteiger partial charge is 0.164 e. The topological polar surface area (TPSA) is 38.8 Å². The molecule has 4 nitrogen and oxygen atoms in total. The summed E-state index contributed by atoms with van der Waals surface area (Å²) in [5.41, 5.74) is 1.77. The number of carbonyl (C=O) groups excluding carboxylic acids is 1. The van der Waals surface area contributed by atoms with E-state index in [1.165, 1.54) is 6.07 Å². The molecule has 0 aromatic heterocycles. The van der Waals surface area contributed by atoms with Crippen LogP contribution in [0.4, 0.5) is 4.39 Å². The lowest BCUT2D eigenvalue weighted by atomic mass is 9.98. The van der Waals surface area contributed by atoms with Crippen LogP contribution in [0.2, 0.25) is 0 Å². The average Bonchev–Trinajstić information content (AvgIpc) is 3.25. The van der Waals surface area contributed by atoms with Crippen molar-refractivity contribution in [3.63, 3.8) is 0 Å². The number of carbonyl (C=O) groups is 1. The van der Waals surface area contributed by atoms with E-state index in [2.05, 4.69) is 4.90 Å². The molecule has 1 fully saturated rings. The van der Waals surface area contributed by atoms with Crippen LogP contribution in [0.5, 0.6) is 11.5 Å². The van der Waals surface area contributed by atoms with E-state index in [4.69, 9.17) is 9.47 Å². The zero-order valence-corrected chi connectivity index (χ0v) is 16.8. The largest absolute Gasteiger partial charge is 0.486 e. The molecular formula is C25H24FNO3. The third kappa shape index (κ3) is 3.90. The third-order valence-corrected chi connectivity index (χ3v) is 6.07. The van der Waals surface area contributed by atoms with Crippen molar-refractivity contribution in [2.45, 2.75) is 18.8 Å². The summed E-state index contributed by atoms with van der Waals surface area (Å²) in [4.78, 5) is 15.1. The maximum Gasteiger partial charge on any atom is 0.164 e. The van der Waals surface area contributed by atoms with Gasteiger partial charge >= 0.3 is 0 Å². The first-order valence-electron chi connectivity index (χ1n) is 10.5. The van der Waals surface area contributed by atoms with Crippen LogP contribution in [0.3, 0.4) is 0 Å². The minimum atomic E-state index is -0.185. The second-order valence-corrected chi connectivity index (χ2v) is 8.07. The van der Waals surface area contributed by atoms with E-state index in [9.17, 15) is 9.18 Å². The Morgan fingerprint density at radius 3 is 2.60 bits per heavy atom. The summed E-state index contributed by atoms with van der Waals surface area (Å²) in [6.45, 7) is 3.65. The van der Waals surface area contributed by atoms with Gasteiger partial charge < -0.3 is 14.4 Å². The molecule has 2 aliphatic heterocycles. The molecule has 0 spiro atoms. The monoisotopic (exact) mass is 405 g/mol. The van der Waals surface area contributed by atoms with Crippen LogP contribution in [0.1, 0.15) is 34.7 Å². The van der Waals surface area contributed by atoms with Crippen LogP contribution in [-0.4, -0.2) is 43.5 Å². The van der Waals surface area contributed by atoms with E-state index >= 15 is 0 Å². The highest BCUT2D eigenvalue weighted by Gasteiger charge is 2.24. The number of hydrogen-bond acceptors (Lipinski definition) is 4. The van der Waals surface area contributed by atoms with E-state index in [0.717, 1.165) is 59.5 Å². The number of halogens is 1. The van der Waals surface area contributed by atoms with Crippen molar-refractivity contribution in [3.8, 4) is 11.5 Å². The van der Waals surface area contributed by atoms with Crippen LogP contribution in [0.15, 0.2) is 54.6 Å². The zero-order valence-electron chi connectivity index (χ0n) is 16.8. The van der Waals surface area contributed by atoms with Gasteiger partial charge in [0.15, 0.2) is 17.3 Å². The van der Waals surface area contributed by atoms with Crippen LogP contribution >= 0.6 is 0 Å². The normalized spacial score (nSPS) is 18.6. The lowest BCUT2D eigenvalue weighted by molar-refractivity contribution is 0.0969. The summed E-state index contributed by atoms with van der Waals surface area (Å²) in [5, 5.41) is 2.02. The van der Waals surface area contributed by atoms with Crippen molar-refractivity contribution in [2.24, 2.45) is 0 Å². The quantitative estimate of drug-likeness (QED) is 0.571. The van der Waals surface area contributed by atoms with Gasteiger partial charge in [-0.2, -0.15) is 0 Å². The molecule has 154 valence electrons. The highest BCUT2D eigenvalue weighted by molar-refractivity contribution is 6.00. The fourth-order valence-corrected chi connectivity index (χ4v) is 4.43. The molecular weight excluding hydrogens is 381 g/mol. The third-order valence-electron chi connectivity index (χ3n) is 6.07. The van der Waals surface area contributed by atoms with Gasteiger partial charge in [0.25, 0.3) is 0 Å². The fraction of sp³-hybridized carbons (Fsp3) is 0.320. The number of ketones is 1. The summed E-state index contributed by atoms with van der Waals surface area (Å²) >= 11 is 0. The maximum atomic E-state index is 13.5. The SMILES string of the molecule is O=C(CCN1CCC(c2cccc(F)c2)C1)c1ccc2cc3c(cc2c1)OCCO3. The van der Waals surface area contributed by atoms with Gasteiger partial charge in [0.1, 0.15) is 19.0 Å². The summed E-state index contributed by atoms with van der Waals surface area (Å²) in [7, 11) is 0. The first-order chi connectivity index (χ1) is 14.7. The van der Waals surface area contributed by atoms with Crippen LogP contribution in [0.25, 0.3) is 10.8 Å². The fourth-order valence-electron chi connectivity index (χ4n) is 4.43. The molecule has 0 saturated carbocycles. The zero-order chi connectivity index (χ0) is 20.5. The number of benzene rings is 3. The lowest BCUT2D eigenvalue weighted by Crippen LogP contribution is -2.23. The Morgan fingerprint density at radius 1 is 1.00 bits per heavy atom. The van der Waals surface area contributed by atoms with E-state index in [1.54, 1.807) is 12.1 Å². The lowest BCUT2D eigenvalue weighted by Gasteiger charge is -2.19. The Bertz CT molecular complexity index is 1100. The Hall–Kier alpha value is -2.92. The minimum Gasteiger partial charge on any atom is -0.486 e. The van der Waals surface area contributed by atoms with Gasteiger partial charge in [0.05, 0.1) is 0 Å². The molecule has 3 aromatic rings. The number of rotatable bonds is 5. The molecule has 3 aromatic carbocycles. The number of hydrogen-bond donors (Lipinski definition) is 0. The molecule has 0 radical (unpaired) electrons. The van der Waals surface area contributed by atoms with Gasteiger partial charge in [-0.05, 0) is 65.6 Å². The summed E-state index contributed by atoms with van der Waals surface area (Å²) in [6, 6.07) is 16.6. The van der Waals surface area contributed by atoms with Crippen molar-refractivity contribution in [3.05, 3.63) is 71.5 Å². The van der Waals surface area contributed by atoms with Crippen molar-refractivity contribution in [1.82, 2.24) is 4.90 Å². The second kappa shape index (κ2) is 8.07. The van der Waals surface area contributed by atoms with Crippen LogP contribution in [-0.2, 0) is 0 Å². The van der Waals surface area contributed by atoms with Crippen molar-refractivity contribution in [2.75, 3.05) is 32.8 Å². The van der Waals surface area contributed by atoms with E-state index in [-0.39, 0.29) is 11.6 Å². The van der Waals surface area contributed by atoms with Gasteiger partial charge in [0.2, 0.25) is 0 Å². The van der Waals surface area contributed by atoms with Gasteiger partial charge in [-0.25, -0.2) is 4.39 Å². The molecule has 2 heterocycles. The van der Waals surface area contributed by atoms with E-state index < -0.39 is 0 Å². The van der Waals surface area contributed by atoms with Gasteiger partial charge in [-0.3, -0.25) is 4.79 Å². The number of fused-ring (bicyclic) bond motifs is 2. The predicted octanol–water partition coefficient (Wildman–Crippen LogP) is 4.81. The standard InChI is InChI=1S/C25H24FNO3/c26-22-3-1-2-17(13-22)20-6-8-27(16-20)9-7-23(28)19-5-4-18-14-24-25(15-21(18)12-19)30-11-10-29-24/h1-5,12-15,20H,6-11,16H2. The maximum absolute atomic E-state index is 13.5. The number of Topliss-reactive ketones (excluding diaryl/α,β-unsaturated/α-hetero) is 1. The molecule has 1 saturated heterocycles. The highest BCUT2D eigenvalue weighted by atomic mass is 19.1. The molecule has 1 unspecified atom stereocenters. The summed E-state index contributed by atoms with van der Waals surface area (Å²) in [6.07, 6.45) is 1.48. The van der Waals surface area contributed by atoms with Crippen molar-refractivity contribution < 1.29 is 18.7 Å². The van der Waals surface area contributed by atoms with Crippen molar-refractivity contribution >= 4 is 16.6 Å². The molecule has 30 heavy (non-hydrogen) atoms. The van der Waals surface area contributed by atoms with Gasteiger partial charge in [-0.1, -0.05) is 24.3 Å². The van der Waals surface area contributed by atoms with E-state index in [0.29, 0.717) is 25.6 Å². The van der Waals surface area contributed by atoms with Gasteiger partial charge in [0, 0.05) is 25.1 Å². The minimum absolute atomic E-state index is 0.140. The molecule has 0 amide bonds. The Labute approximate surface area is 175 Å². The summed E-state index contributed by atoms with van der Waals surface area (Å²) < 4.78 is 24.8. The first-order valence-corrected chi connectivity index (χ1v) is 10.5. The summed E-state index contributed by atoms with van der Waals surface area (Å²) in [5.74, 6) is 1.79. The second-order valence-electron chi connectivity index (χ2n) is 8.07. The molecule has 2 aliphatic rings. The van der Waals surface area contributed by atoms with Crippen LogP contribution < -0.4 is 9.47 Å². The molecule has 0 bridgehead atoms. The molecule has 5 rings (SSSR count). The number of likely N-dealkylation sites (tertiary alicyclic amines) is 1. The van der Waals surface area contributed by atoms with Crippen molar-refractivity contribution in [1.29, 1.82) is 0 Å². The number of nitrogens with zero attached hydrogens (tertiary/aromatic N) is 1. The Kier molecular flexibility index (Phi) is 5.13. The molecule has 0 N–H and O–H groups in total. The van der Waals surface area contributed by atoms with Gasteiger partial charge in [-0.15, -0.1) is 0 Å². The predicted molar refractivity (Wildman–Crippen MR) is 114 cm³/mol. The van der Waals surface area contributed by atoms with Crippen LogP contribution in [0, 0.1) is 5.82 Å². The number of ether oxygens (including phenoxy) is 2.